The van der Waals surface area contributed by atoms with Crippen LogP contribution in [-0.2, 0) is 28.2 Å². The van der Waals surface area contributed by atoms with Gasteiger partial charge in [0.15, 0.2) is 8.32 Å². The molecule has 0 aromatic heterocycles. The Balaban J connectivity index is 1.72. The number of fused-ring (bicyclic) bond motifs is 1. The summed E-state index contributed by atoms with van der Waals surface area (Å²) in [7, 11) is -2.01. The summed E-state index contributed by atoms with van der Waals surface area (Å²) < 4.78 is 21.8. The van der Waals surface area contributed by atoms with Gasteiger partial charge in [-0.15, -0.1) is 0 Å². The van der Waals surface area contributed by atoms with E-state index in [-0.39, 0.29) is 34.7 Å². The smallest absolute Gasteiger partial charge is 0.455 e. The summed E-state index contributed by atoms with van der Waals surface area (Å²) in [5.41, 5.74) is 0. The summed E-state index contributed by atoms with van der Waals surface area (Å²) >= 11 is 1.43. The Morgan fingerprint density at radius 1 is 1.35 bits per heavy atom. The molecule has 0 N–H and O–H groups in total. The maximum atomic E-state index is 12.9. The maximum Gasteiger partial charge on any atom is 0.515 e. The zero-order chi connectivity index (χ0) is 23.0. The van der Waals surface area contributed by atoms with Crippen LogP contribution in [0.2, 0.25) is 18.1 Å². The van der Waals surface area contributed by atoms with Gasteiger partial charge in [0, 0.05) is 19.1 Å². The first-order valence-electron chi connectivity index (χ1n) is 10.2. The molecule has 3 heterocycles. The molecule has 1 unspecified atom stereocenters. The predicted octanol–water partition coefficient (Wildman–Crippen LogP) is 3.92. The van der Waals surface area contributed by atoms with Crippen LogP contribution < -0.4 is 0 Å². The van der Waals surface area contributed by atoms with Gasteiger partial charge in [-0.3, -0.25) is 9.69 Å². The lowest BCUT2D eigenvalue weighted by Gasteiger charge is -2.44. The molecule has 0 radical (unpaired) electrons. The number of carbonyl (C=O) groups excluding carboxylic acids is 3. The van der Waals surface area contributed by atoms with E-state index in [1.807, 2.05) is 0 Å². The molecule has 0 saturated carbocycles. The number of β-lactam (4-membered cyclic amide) rings is 1. The van der Waals surface area contributed by atoms with E-state index < -0.39 is 26.5 Å². The van der Waals surface area contributed by atoms with Crippen molar-refractivity contribution >= 4 is 38.1 Å². The monoisotopic (exact) mass is 467 g/mol. The molecule has 3 aliphatic heterocycles. The van der Waals surface area contributed by atoms with Crippen LogP contribution in [-0.4, -0.2) is 55.9 Å². The number of hydrogen-bond donors (Lipinski definition) is 0. The van der Waals surface area contributed by atoms with Crippen molar-refractivity contribution in [2.45, 2.75) is 56.8 Å². The lowest BCUT2D eigenvalue weighted by molar-refractivity contribution is -0.151. The van der Waals surface area contributed by atoms with E-state index in [4.69, 9.17) is 18.6 Å². The van der Waals surface area contributed by atoms with Crippen LogP contribution in [0.15, 0.2) is 35.6 Å². The first-order chi connectivity index (χ1) is 14.4. The van der Waals surface area contributed by atoms with E-state index in [9.17, 15) is 14.4 Å². The average molecular weight is 468 g/mol. The molecule has 10 heteroatoms. The third kappa shape index (κ3) is 4.91. The Kier molecular flexibility index (Phi) is 6.73. The Labute approximate surface area is 187 Å². The number of thioether (sulfide) groups is 1. The largest absolute Gasteiger partial charge is 0.515 e. The molecule has 1 amide bonds. The Hall–Kier alpha value is -2.04. The van der Waals surface area contributed by atoms with Gasteiger partial charge in [-0.2, -0.15) is 0 Å². The number of cyclic esters (lactones) is 1. The van der Waals surface area contributed by atoms with E-state index in [2.05, 4.69) is 40.4 Å². The topological polar surface area (TPSA) is 91.4 Å². The van der Waals surface area contributed by atoms with Gasteiger partial charge >= 0.3 is 12.1 Å². The zero-order valence-corrected chi connectivity index (χ0v) is 20.3. The van der Waals surface area contributed by atoms with Crippen molar-refractivity contribution < 1.29 is 33.0 Å². The number of hydrogen-bond acceptors (Lipinski definition) is 8. The Morgan fingerprint density at radius 3 is 2.65 bits per heavy atom. The number of rotatable bonds is 8. The van der Waals surface area contributed by atoms with E-state index in [1.54, 1.807) is 6.08 Å². The highest BCUT2D eigenvalue weighted by molar-refractivity contribution is 8.04. The molecule has 8 nitrogen and oxygen atoms in total. The van der Waals surface area contributed by atoms with E-state index in [1.165, 1.54) is 28.8 Å². The molecule has 1 fully saturated rings. The zero-order valence-electron chi connectivity index (χ0n) is 18.5. The van der Waals surface area contributed by atoms with Gasteiger partial charge in [0.2, 0.25) is 11.8 Å². The molecular formula is C21H29NO7SSi. The van der Waals surface area contributed by atoms with Crippen LogP contribution in [0.1, 0.15) is 27.2 Å². The summed E-state index contributed by atoms with van der Waals surface area (Å²) in [6, 6.07) is 0. The van der Waals surface area contributed by atoms with Gasteiger partial charge in [-0.1, -0.05) is 45.2 Å². The molecule has 1 saturated heterocycles. The second-order valence-corrected chi connectivity index (χ2v) is 15.1. The third-order valence-electron chi connectivity index (χ3n) is 5.90. The molecule has 31 heavy (non-hydrogen) atoms. The molecule has 0 bridgehead atoms. The molecule has 0 spiro atoms. The third-order valence-corrected chi connectivity index (χ3v) is 11.8. The minimum Gasteiger partial charge on any atom is -0.455 e. The van der Waals surface area contributed by atoms with Crippen LogP contribution in [0.5, 0.6) is 0 Å². The van der Waals surface area contributed by atoms with Crippen molar-refractivity contribution in [2.24, 2.45) is 5.92 Å². The quantitative estimate of drug-likeness (QED) is 0.230. The minimum absolute atomic E-state index is 0.00206. The second-order valence-electron chi connectivity index (χ2n) is 9.11. The molecule has 3 atom stereocenters. The van der Waals surface area contributed by atoms with Crippen molar-refractivity contribution in [1.82, 2.24) is 4.90 Å². The van der Waals surface area contributed by atoms with Crippen LogP contribution >= 0.6 is 11.8 Å². The number of nitrogens with zero attached hydrogens (tertiary/aromatic N) is 1. The number of esters is 1. The van der Waals surface area contributed by atoms with Gasteiger partial charge in [-0.05, 0) is 24.2 Å². The lowest BCUT2D eigenvalue weighted by atomic mass is 10.00. The fraction of sp³-hybridized carbons (Fsp3) is 0.571. The molecule has 0 aromatic rings. The number of amides is 1. The first kappa shape index (κ1) is 23.6. The van der Waals surface area contributed by atoms with Crippen LogP contribution in [0.4, 0.5) is 4.79 Å². The summed E-state index contributed by atoms with van der Waals surface area (Å²) in [4.78, 5) is 38.5. The summed E-state index contributed by atoms with van der Waals surface area (Å²) in [6.07, 6.45) is 3.37. The van der Waals surface area contributed by atoms with E-state index >= 15 is 0 Å². The predicted molar refractivity (Wildman–Crippen MR) is 118 cm³/mol. The van der Waals surface area contributed by atoms with Gasteiger partial charge in [0.1, 0.15) is 18.1 Å². The Morgan fingerprint density at radius 2 is 2.06 bits per heavy atom. The fourth-order valence-electron chi connectivity index (χ4n) is 3.06. The van der Waals surface area contributed by atoms with Crippen LogP contribution in [0.25, 0.3) is 0 Å². The van der Waals surface area contributed by atoms with Crippen molar-refractivity contribution in [3.05, 3.63) is 35.6 Å². The van der Waals surface area contributed by atoms with Crippen LogP contribution in [0.3, 0.4) is 0 Å². The average Bonchev–Trinajstić information content (AvgIpc) is 3.21. The second kappa shape index (κ2) is 8.83. The molecule has 3 rings (SSSR count). The Bertz CT molecular complexity index is 845. The van der Waals surface area contributed by atoms with E-state index in [0.29, 0.717) is 17.9 Å². The van der Waals surface area contributed by atoms with Crippen molar-refractivity contribution in [3.63, 3.8) is 0 Å². The van der Waals surface area contributed by atoms with E-state index in [0.717, 1.165) is 0 Å². The number of carbonyl (C=O) groups is 3. The highest BCUT2D eigenvalue weighted by Crippen LogP contribution is 2.51. The maximum absolute atomic E-state index is 12.9. The van der Waals surface area contributed by atoms with Gasteiger partial charge in [0.05, 0.1) is 10.8 Å². The minimum atomic E-state index is -2.01. The number of ether oxygens (including phenoxy) is 3. The first-order valence-corrected chi connectivity index (χ1v) is 13.9. The lowest BCUT2D eigenvalue weighted by Crippen LogP contribution is -2.59. The fourth-order valence-corrected chi connectivity index (χ4v) is 5.54. The molecule has 0 aromatic carbocycles. The summed E-state index contributed by atoms with van der Waals surface area (Å²) in [6.45, 7) is 14.5. The molecule has 3 aliphatic rings. The van der Waals surface area contributed by atoms with Gasteiger partial charge in [-0.25, -0.2) is 9.59 Å². The molecule has 0 aliphatic carbocycles. The highest BCUT2D eigenvalue weighted by atomic mass is 32.2. The normalized spacial score (nSPS) is 25.3. The SMILES string of the molecule is C=CCOC(=O)OC1=C(CC2C=CC(=O)O2)S[C@@H]2[C@@H](CO[Si](C)(C)C(C)(C)C)C(=O)N12. The van der Waals surface area contributed by atoms with Gasteiger partial charge in [0.25, 0.3) is 0 Å². The van der Waals surface area contributed by atoms with Crippen molar-refractivity contribution in [3.8, 4) is 0 Å². The summed E-state index contributed by atoms with van der Waals surface area (Å²) in [5, 5.41) is -0.191. The standard InChI is InChI=1S/C21H29NO7SSi/c1-7-10-26-20(25)29-18-15(11-13-8-9-16(23)28-13)30-19-14(17(24)22(18)19)12-27-31(5,6)21(2,3)4/h7-9,13-14,19H,1,10-12H2,2-6H3/t13?,14-,19+/m0/s1. The van der Waals surface area contributed by atoms with Crippen molar-refractivity contribution in [1.29, 1.82) is 0 Å². The van der Waals surface area contributed by atoms with Gasteiger partial charge < -0.3 is 18.6 Å². The summed E-state index contributed by atoms with van der Waals surface area (Å²) in [5.74, 6) is -0.756. The van der Waals surface area contributed by atoms with Crippen LogP contribution in [0, 0.1) is 5.92 Å². The highest BCUT2D eigenvalue weighted by Gasteiger charge is 2.56. The molecular weight excluding hydrogens is 438 g/mol. The van der Waals surface area contributed by atoms with Crippen molar-refractivity contribution in [2.75, 3.05) is 13.2 Å². The molecule has 170 valence electrons.